The molecule has 0 saturated heterocycles. The van der Waals surface area contributed by atoms with Gasteiger partial charge in [-0.3, -0.25) is 0 Å². The fourth-order valence-corrected chi connectivity index (χ4v) is 2.94. The SMILES string of the molecule is CCNC(C)c1cc(Cl)ccc1OC1CCCCC1O. The zero-order valence-corrected chi connectivity index (χ0v) is 13.0. The van der Waals surface area contributed by atoms with Crippen molar-refractivity contribution in [3.63, 3.8) is 0 Å². The van der Waals surface area contributed by atoms with Gasteiger partial charge in [0.1, 0.15) is 11.9 Å². The molecule has 1 aliphatic rings. The van der Waals surface area contributed by atoms with Gasteiger partial charge < -0.3 is 15.2 Å². The van der Waals surface area contributed by atoms with E-state index in [9.17, 15) is 5.11 Å². The van der Waals surface area contributed by atoms with Crippen LogP contribution in [0, 0.1) is 0 Å². The lowest BCUT2D eigenvalue weighted by Crippen LogP contribution is -2.35. The second-order valence-electron chi connectivity index (χ2n) is 5.47. The van der Waals surface area contributed by atoms with E-state index < -0.39 is 0 Å². The maximum absolute atomic E-state index is 10.1. The zero-order chi connectivity index (χ0) is 14.5. The molecule has 3 nitrogen and oxygen atoms in total. The van der Waals surface area contributed by atoms with Gasteiger partial charge in [-0.25, -0.2) is 0 Å². The predicted octanol–water partition coefficient (Wildman–Crippen LogP) is 3.69. The predicted molar refractivity (Wildman–Crippen MR) is 82.4 cm³/mol. The minimum absolute atomic E-state index is 0.0995. The Bertz CT molecular complexity index is 438. The van der Waals surface area contributed by atoms with Gasteiger partial charge in [-0.2, -0.15) is 0 Å². The number of nitrogens with one attached hydrogen (secondary N) is 1. The van der Waals surface area contributed by atoms with Crippen LogP contribution in [0.15, 0.2) is 18.2 Å². The summed E-state index contributed by atoms with van der Waals surface area (Å²) in [6.45, 7) is 5.06. The molecule has 0 aromatic heterocycles. The van der Waals surface area contributed by atoms with Gasteiger partial charge in [0, 0.05) is 16.6 Å². The van der Waals surface area contributed by atoms with Crippen molar-refractivity contribution in [2.45, 2.75) is 57.8 Å². The molecule has 0 bridgehead atoms. The molecular formula is C16H24ClNO2. The molecule has 2 rings (SSSR count). The van der Waals surface area contributed by atoms with Gasteiger partial charge in [0.05, 0.1) is 6.10 Å². The van der Waals surface area contributed by atoms with E-state index in [1.165, 1.54) is 0 Å². The van der Waals surface area contributed by atoms with Gasteiger partial charge >= 0.3 is 0 Å². The lowest BCUT2D eigenvalue weighted by molar-refractivity contribution is 0.00619. The smallest absolute Gasteiger partial charge is 0.124 e. The Hall–Kier alpha value is -0.770. The standard InChI is InChI=1S/C16H24ClNO2/c1-3-18-11(2)13-10-12(17)8-9-15(13)20-16-7-5-4-6-14(16)19/h8-11,14,16,18-19H,3-7H2,1-2H3. The van der Waals surface area contributed by atoms with E-state index in [1.54, 1.807) is 0 Å². The number of aliphatic hydroxyl groups excluding tert-OH is 1. The zero-order valence-electron chi connectivity index (χ0n) is 12.2. The molecule has 1 fully saturated rings. The number of aliphatic hydroxyl groups is 1. The lowest BCUT2D eigenvalue weighted by atomic mass is 9.94. The van der Waals surface area contributed by atoms with E-state index in [-0.39, 0.29) is 18.2 Å². The molecule has 0 radical (unpaired) electrons. The quantitative estimate of drug-likeness (QED) is 0.871. The van der Waals surface area contributed by atoms with Crippen molar-refractivity contribution in [2.24, 2.45) is 0 Å². The Morgan fingerprint density at radius 1 is 1.40 bits per heavy atom. The molecule has 0 spiro atoms. The Morgan fingerprint density at radius 3 is 2.85 bits per heavy atom. The number of rotatable bonds is 5. The van der Waals surface area contributed by atoms with Crippen molar-refractivity contribution in [1.82, 2.24) is 5.32 Å². The summed E-state index contributed by atoms with van der Waals surface area (Å²) in [5, 5.41) is 14.1. The molecule has 4 heteroatoms. The highest BCUT2D eigenvalue weighted by Crippen LogP contribution is 2.31. The maximum atomic E-state index is 10.1. The second kappa shape index (κ2) is 7.30. The van der Waals surface area contributed by atoms with Crippen molar-refractivity contribution in [2.75, 3.05) is 6.54 Å². The topological polar surface area (TPSA) is 41.5 Å². The summed E-state index contributed by atoms with van der Waals surface area (Å²) >= 11 is 6.10. The molecule has 1 aliphatic carbocycles. The fourth-order valence-electron chi connectivity index (χ4n) is 2.76. The molecule has 3 unspecified atom stereocenters. The Balaban J connectivity index is 2.17. The van der Waals surface area contributed by atoms with Crippen LogP contribution in [0.2, 0.25) is 5.02 Å². The highest BCUT2D eigenvalue weighted by molar-refractivity contribution is 6.30. The Kier molecular flexibility index (Phi) is 5.70. The number of halogens is 1. The molecule has 1 aromatic rings. The summed E-state index contributed by atoms with van der Waals surface area (Å²) < 4.78 is 6.07. The van der Waals surface area contributed by atoms with Crippen molar-refractivity contribution < 1.29 is 9.84 Å². The first-order valence-electron chi connectivity index (χ1n) is 7.49. The van der Waals surface area contributed by atoms with Crippen LogP contribution in [0.5, 0.6) is 5.75 Å². The minimum atomic E-state index is -0.360. The average molecular weight is 298 g/mol. The van der Waals surface area contributed by atoms with Crippen molar-refractivity contribution in [1.29, 1.82) is 0 Å². The Labute approximate surface area is 126 Å². The van der Waals surface area contributed by atoms with Crippen molar-refractivity contribution in [3.8, 4) is 5.75 Å². The number of hydrogen-bond acceptors (Lipinski definition) is 3. The first-order valence-corrected chi connectivity index (χ1v) is 7.87. The van der Waals surface area contributed by atoms with Gasteiger partial charge in [0.15, 0.2) is 0 Å². The molecule has 0 aliphatic heterocycles. The number of ether oxygens (including phenoxy) is 1. The molecule has 0 heterocycles. The molecule has 0 amide bonds. The van der Waals surface area contributed by atoms with Gasteiger partial charge in [0.25, 0.3) is 0 Å². The second-order valence-corrected chi connectivity index (χ2v) is 5.91. The van der Waals surface area contributed by atoms with Crippen LogP contribution in [0.25, 0.3) is 0 Å². The highest BCUT2D eigenvalue weighted by Gasteiger charge is 2.26. The summed E-state index contributed by atoms with van der Waals surface area (Å²) in [7, 11) is 0. The van der Waals surface area contributed by atoms with Crippen LogP contribution in [0.1, 0.15) is 51.1 Å². The van der Waals surface area contributed by atoms with E-state index in [0.717, 1.165) is 43.5 Å². The van der Waals surface area contributed by atoms with E-state index in [1.807, 2.05) is 18.2 Å². The third-order valence-electron chi connectivity index (χ3n) is 3.89. The number of hydrogen-bond donors (Lipinski definition) is 2. The van der Waals surface area contributed by atoms with E-state index in [2.05, 4.69) is 19.2 Å². The maximum Gasteiger partial charge on any atom is 0.124 e. The molecule has 2 N–H and O–H groups in total. The minimum Gasteiger partial charge on any atom is -0.487 e. The van der Waals surface area contributed by atoms with Gasteiger partial charge in [-0.05, 0) is 50.9 Å². The summed E-state index contributed by atoms with van der Waals surface area (Å²) in [5.41, 5.74) is 1.05. The largest absolute Gasteiger partial charge is 0.487 e. The van der Waals surface area contributed by atoms with Crippen LogP contribution < -0.4 is 10.1 Å². The first-order chi connectivity index (χ1) is 9.61. The van der Waals surface area contributed by atoms with E-state index in [0.29, 0.717) is 5.02 Å². The molecule has 1 aromatic carbocycles. The van der Waals surface area contributed by atoms with Crippen LogP contribution in [-0.2, 0) is 0 Å². The molecular weight excluding hydrogens is 274 g/mol. The normalized spacial score (nSPS) is 24.4. The third-order valence-corrected chi connectivity index (χ3v) is 4.13. The molecule has 1 saturated carbocycles. The van der Waals surface area contributed by atoms with E-state index in [4.69, 9.17) is 16.3 Å². The van der Waals surface area contributed by atoms with Crippen molar-refractivity contribution >= 4 is 11.6 Å². The summed E-state index contributed by atoms with van der Waals surface area (Å²) in [5.74, 6) is 0.828. The van der Waals surface area contributed by atoms with E-state index >= 15 is 0 Å². The van der Waals surface area contributed by atoms with Crippen LogP contribution in [0.4, 0.5) is 0 Å². The van der Waals surface area contributed by atoms with Gasteiger partial charge in [-0.15, -0.1) is 0 Å². The fraction of sp³-hybridized carbons (Fsp3) is 0.625. The first kappa shape index (κ1) is 15.6. The molecule has 20 heavy (non-hydrogen) atoms. The molecule has 3 atom stereocenters. The Morgan fingerprint density at radius 2 is 2.15 bits per heavy atom. The van der Waals surface area contributed by atoms with Gasteiger partial charge in [0.2, 0.25) is 0 Å². The summed E-state index contributed by atoms with van der Waals surface area (Å²) in [4.78, 5) is 0. The highest BCUT2D eigenvalue weighted by atomic mass is 35.5. The van der Waals surface area contributed by atoms with Gasteiger partial charge in [-0.1, -0.05) is 24.9 Å². The number of benzene rings is 1. The van der Waals surface area contributed by atoms with Crippen LogP contribution in [0.3, 0.4) is 0 Å². The lowest BCUT2D eigenvalue weighted by Gasteiger charge is -2.30. The third kappa shape index (κ3) is 3.87. The summed E-state index contributed by atoms with van der Waals surface area (Å²) in [6.07, 6.45) is 3.49. The van der Waals surface area contributed by atoms with Crippen LogP contribution in [-0.4, -0.2) is 23.9 Å². The average Bonchev–Trinajstić information content (AvgIpc) is 2.43. The van der Waals surface area contributed by atoms with Crippen molar-refractivity contribution in [3.05, 3.63) is 28.8 Å². The molecule has 112 valence electrons. The monoisotopic (exact) mass is 297 g/mol. The summed E-state index contributed by atoms with van der Waals surface area (Å²) in [6, 6.07) is 5.87. The van der Waals surface area contributed by atoms with Crippen LogP contribution >= 0.6 is 11.6 Å².